The van der Waals surface area contributed by atoms with Crippen LogP contribution in [0.15, 0.2) is 29.1 Å². The average molecular weight is 377 g/mol. The molecule has 25 heavy (non-hydrogen) atoms. The minimum atomic E-state index is -0.0445. The quantitative estimate of drug-likeness (QED) is 0.633. The second-order valence-electron chi connectivity index (χ2n) is 5.55. The molecule has 1 aromatic carbocycles. The van der Waals surface area contributed by atoms with Crippen LogP contribution in [-0.2, 0) is 5.75 Å². The van der Waals surface area contributed by atoms with Crippen molar-refractivity contribution < 1.29 is 9.47 Å². The van der Waals surface area contributed by atoms with E-state index in [4.69, 9.17) is 9.47 Å². The number of nitrogens with zero attached hydrogens (tertiary/aromatic N) is 1. The van der Waals surface area contributed by atoms with Gasteiger partial charge in [0.25, 0.3) is 5.56 Å². The lowest BCUT2D eigenvalue weighted by atomic mass is 10.2. The highest BCUT2D eigenvalue weighted by Gasteiger charge is 2.11. The maximum Gasteiger partial charge on any atom is 0.259 e. The lowest BCUT2D eigenvalue weighted by Crippen LogP contribution is -2.11. The Morgan fingerprint density at radius 3 is 2.64 bits per heavy atom. The monoisotopic (exact) mass is 376 g/mol. The largest absolute Gasteiger partial charge is 0.497 e. The van der Waals surface area contributed by atoms with E-state index in [1.54, 1.807) is 30.2 Å². The van der Waals surface area contributed by atoms with E-state index in [0.29, 0.717) is 18.2 Å². The molecule has 0 saturated carbocycles. The lowest BCUT2D eigenvalue weighted by Gasteiger charge is -2.07. The molecule has 132 valence electrons. The number of fused-ring (bicyclic) bond motifs is 1. The molecule has 2 aromatic heterocycles. The molecule has 0 spiro atoms. The van der Waals surface area contributed by atoms with Crippen LogP contribution < -0.4 is 15.0 Å². The van der Waals surface area contributed by atoms with Crippen molar-refractivity contribution in [2.75, 3.05) is 19.5 Å². The number of aromatic amines is 1. The van der Waals surface area contributed by atoms with Gasteiger partial charge in [-0.15, -0.1) is 11.3 Å². The molecule has 0 atom stereocenters. The van der Waals surface area contributed by atoms with Crippen molar-refractivity contribution in [1.82, 2.24) is 9.97 Å². The van der Waals surface area contributed by atoms with Crippen LogP contribution >= 0.6 is 23.1 Å². The van der Waals surface area contributed by atoms with Crippen molar-refractivity contribution in [3.8, 4) is 11.5 Å². The Hall–Kier alpha value is -1.99. The summed E-state index contributed by atoms with van der Waals surface area (Å²) in [7, 11) is 1.64. The first-order chi connectivity index (χ1) is 12.1. The first kappa shape index (κ1) is 17.8. The summed E-state index contributed by atoms with van der Waals surface area (Å²) < 4.78 is 10.8. The van der Waals surface area contributed by atoms with Gasteiger partial charge >= 0.3 is 0 Å². The molecule has 0 aliphatic carbocycles. The number of H-pyrrole nitrogens is 1. The van der Waals surface area contributed by atoms with Gasteiger partial charge in [0.15, 0.2) is 0 Å². The molecule has 0 amide bonds. The van der Waals surface area contributed by atoms with Crippen LogP contribution in [0, 0.1) is 13.8 Å². The maximum atomic E-state index is 12.2. The number of nitrogens with one attached hydrogen (secondary N) is 1. The fourth-order valence-corrected chi connectivity index (χ4v) is 4.15. The fraction of sp³-hybridized carbons (Fsp3) is 0.333. The van der Waals surface area contributed by atoms with Crippen LogP contribution in [0.3, 0.4) is 0 Å². The number of hydrogen-bond donors (Lipinski definition) is 1. The molecule has 0 fully saturated rings. The topological polar surface area (TPSA) is 64.2 Å². The fourth-order valence-electron chi connectivity index (χ4n) is 2.43. The van der Waals surface area contributed by atoms with Gasteiger partial charge < -0.3 is 14.5 Å². The first-order valence-corrected chi connectivity index (χ1v) is 9.89. The van der Waals surface area contributed by atoms with Gasteiger partial charge in [-0.2, -0.15) is 11.8 Å². The molecule has 0 aliphatic heterocycles. The zero-order valence-corrected chi connectivity index (χ0v) is 16.1. The predicted molar refractivity (Wildman–Crippen MR) is 104 cm³/mol. The normalized spacial score (nSPS) is 11.0. The van der Waals surface area contributed by atoms with Gasteiger partial charge in [0.1, 0.15) is 22.2 Å². The number of methoxy groups -OCH3 is 1. The van der Waals surface area contributed by atoms with Crippen molar-refractivity contribution in [3.05, 3.63) is 50.9 Å². The molecule has 0 unspecified atom stereocenters. The Bertz CT molecular complexity index is 916. The van der Waals surface area contributed by atoms with Gasteiger partial charge in [-0.25, -0.2) is 4.98 Å². The number of thiophene rings is 1. The van der Waals surface area contributed by atoms with E-state index >= 15 is 0 Å². The van der Waals surface area contributed by atoms with Gasteiger partial charge in [0, 0.05) is 10.6 Å². The van der Waals surface area contributed by atoms with Crippen LogP contribution in [0.4, 0.5) is 0 Å². The molecule has 5 nitrogen and oxygen atoms in total. The molecular formula is C18H20N2O3S2. The summed E-state index contributed by atoms with van der Waals surface area (Å²) in [6.07, 6.45) is 0. The summed E-state index contributed by atoms with van der Waals surface area (Å²) >= 11 is 3.26. The summed E-state index contributed by atoms with van der Waals surface area (Å²) in [5.74, 6) is 3.82. The second-order valence-corrected chi connectivity index (χ2v) is 7.86. The summed E-state index contributed by atoms with van der Waals surface area (Å²) in [4.78, 5) is 21.7. The highest BCUT2D eigenvalue weighted by Crippen LogP contribution is 2.26. The Morgan fingerprint density at radius 1 is 1.20 bits per heavy atom. The molecular weight excluding hydrogens is 356 g/mol. The summed E-state index contributed by atoms with van der Waals surface area (Å²) in [6, 6.07) is 7.52. The summed E-state index contributed by atoms with van der Waals surface area (Å²) in [5.41, 5.74) is 0.984. The predicted octanol–water partition coefficient (Wildman–Crippen LogP) is 3.92. The van der Waals surface area contributed by atoms with Crippen LogP contribution in [-0.4, -0.2) is 29.4 Å². The molecule has 0 radical (unpaired) electrons. The third-order valence-corrected chi connectivity index (χ3v) is 5.92. The smallest absolute Gasteiger partial charge is 0.259 e. The third kappa shape index (κ3) is 4.16. The molecule has 0 saturated heterocycles. The number of hydrogen-bond acceptors (Lipinski definition) is 6. The lowest BCUT2D eigenvalue weighted by molar-refractivity contribution is 0.342. The van der Waals surface area contributed by atoms with E-state index < -0.39 is 0 Å². The zero-order valence-electron chi connectivity index (χ0n) is 14.4. The highest BCUT2D eigenvalue weighted by atomic mass is 32.2. The SMILES string of the molecule is COc1ccc(OCCSCc2nc3sc(C)c(C)c3c(=O)[nH]2)cc1. The van der Waals surface area contributed by atoms with Crippen molar-refractivity contribution in [3.63, 3.8) is 0 Å². The zero-order chi connectivity index (χ0) is 17.8. The third-order valence-electron chi connectivity index (χ3n) is 3.88. The number of benzene rings is 1. The van der Waals surface area contributed by atoms with E-state index in [9.17, 15) is 4.79 Å². The number of aryl methyl sites for hydroxylation is 2. The molecule has 2 heterocycles. The van der Waals surface area contributed by atoms with Gasteiger partial charge in [0.2, 0.25) is 0 Å². The Kier molecular flexibility index (Phi) is 5.65. The molecule has 7 heteroatoms. The second kappa shape index (κ2) is 7.93. The number of rotatable bonds is 7. The number of ether oxygens (including phenoxy) is 2. The van der Waals surface area contributed by atoms with E-state index in [1.165, 1.54) is 0 Å². The van der Waals surface area contributed by atoms with Crippen molar-refractivity contribution in [2.45, 2.75) is 19.6 Å². The average Bonchev–Trinajstić information content (AvgIpc) is 2.89. The van der Waals surface area contributed by atoms with Crippen molar-refractivity contribution in [1.29, 1.82) is 0 Å². The molecule has 0 aliphatic rings. The molecule has 1 N–H and O–H groups in total. The highest BCUT2D eigenvalue weighted by molar-refractivity contribution is 7.98. The number of thioether (sulfide) groups is 1. The van der Waals surface area contributed by atoms with E-state index in [-0.39, 0.29) is 5.56 Å². The van der Waals surface area contributed by atoms with Crippen molar-refractivity contribution >= 4 is 33.3 Å². The van der Waals surface area contributed by atoms with Crippen LogP contribution in [0.25, 0.3) is 10.2 Å². The standard InChI is InChI=1S/C18H20N2O3S2/c1-11-12(2)25-18-16(11)17(21)19-15(20-18)10-24-9-8-23-14-6-4-13(22-3)5-7-14/h4-7H,8-10H2,1-3H3,(H,19,20,21). The van der Waals surface area contributed by atoms with E-state index in [0.717, 1.165) is 37.9 Å². The Labute approximate surface area is 154 Å². The van der Waals surface area contributed by atoms with Gasteiger partial charge in [-0.3, -0.25) is 4.79 Å². The van der Waals surface area contributed by atoms with Gasteiger partial charge in [-0.1, -0.05) is 0 Å². The Balaban J connectivity index is 1.52. The van der Waals surface area contributed by atoms with Crippen molar-refractivity contribution in [2.24, 2.45) is 0 Å². The summed E-state index contributed by atoms with van der Waals surface area (Å²) in [5, 5.41) is 0.721. The maximum absolute atomic E-state index is 12.2. The minimum Gasteiger partial charge on any atom is -0.497 e. The molecule has 0 bridgehead atoms. The first-order valence-electron chi connectivity index (χ1n) is 7.92. The molecule has 3 rings (SSSR count). The van der Waals surface area contributed by atoms with Gasteiger partial charge in [0.05, 0.1) is 24.9 Å². The van der Waals surface area contributed by atoms with Crippen LogP contribution in [0.2, 0.25) is 0 Å². The molecule has 3 aromatic rings. The summed E-state index contributed by atoms with van der Waals surface area (Å²) in [6.45, 7) is 4.59. The van der Waals surface area contributed by atoms with Gasteiger partial charge in [-0.05, 0) is 43.7 Å². The Morgan fingerprint density at radius 2 is 1.92 bits per heavy atom. The minimum absolute atomic E-state index is 0.0445. The van der Waals surface area contributed by atoms with E-state index in [2.05, 4.69) is 9.97 Å². The van der Waals surface area contributed by atoms with Crippen LogP contribution in [0.5, 0.6) is 11.5 Å². The van der Waals surface area contributed by atoms with E-state index in [1.807, 2.05) is 38.1 Å². The van der Waals surface area contributed by atoms with Crippen LogP contribution in [0.1, 0.15) is 16.3 Å². The number of aromatic nitrogens is 2.